The third-order valence-electron chi connectivity index (χ3n) is 5.94. The summed E-state index contributed by atoms with van der Waals surface area (Å²) in [7, 11) is 0. The molecule has 0 radical (unpaired) electrons. The number of hydrogen-bond donors (Lipinski definition) is 2. The van der Waals surface area contributed by atoms with Gasteiger partial charge in [0.05, 0.1) is 17.0 Å². The Morgan fingerprint density at radius 1 is 1.08 bits per heavy atom. The zero-order valence-electron chi connectivity index (χ0n) is 19.7. The number of aryl methyl sites for hydroxylation is 2. The summed E-state index contributed by atoms with van der Waals surface area (Å²) in [5, 5.41) is 10.8. The van der Waals surface area contributed by atoms with Gasteiger partial charge in [-0.25, -0.2) is 9.50 Å². The quantitative estimate of drug-likeness (QED) is 0.360. The summed E-state index contributed by atoms with van der Waals surface area (Å²) >= 11 is 0. The van der Waals surface area contributed by atoms with Crippen LogP contribution in [0.2, 0.25) is 0 Å². The summed E-state index contributed by atoms with van der Waals surface area (Å²) in [6, 6.07) is 10.3. The number of fused-ring (bicyclic) bond motifs is 1. The smallest absolute Gasteiger partial charge is 0.382 e. The van der Waals surface area contributed by atoms with Crippen LogP contribution in [0.1, 0.15) is 33.2 Å². The molecule has 4 aromatic heterocycles. The number of hydrogen-bond acceptors (Lipinski definition) is 6. The fourth-order valence-electron chi connectivity index (χ4n) is 4.22. The molecule has 0 fully saturated rings. The number of carbonyl (C=O) groups is 1. The minimum atomic E-state index is -4.59. The van der Waals surface area contributed by atoms with Crippen molar-refractivity contribution in [3.8, 4) is 11.3 Å². The Hall–Kier alpha value is -4.74. The van der Waals surface area contributed by atoms with Gasteiger partial charge in [-0.05, 0) is 37.1 Å². The van der Waals surface area contributed by atoms with Crippen LogP contribution in [0.15, 0.2) is 67.3 Å². The molecule has 0 aliphatic heterocycles. The van der Waals surface area contributed by atoms with Gasteiger partial charge in [-0.2, -0.15) is 23.4 Å². The van der Waals surface area contributed by atoms with Crippen LogP contribution in [0.4, 0.5) is 24.8 Å². The average Bonchev–Trinajstić information content (AvgIpc) is 3.44. The Balaban J connectivity index is 1.45. The number of rotatable bonds is 5. The monoisotopic (exact) mass is 506 g/mol. The second-order valence-corrected chi connectivity index (χ2v) is 8.47. The van der Waals surface area contributed by atoms with E-state index in [0.29, 0.717) is 28.3 Å². The van der Waals surface area contributed by atoms with Gasteiger partial charge >= 0.3 is 6.18 Å². The summed E-state index contributed by atoms with van der Waals surface area (Å²) in [4.78, 5) is 21.5. The van der Waals surface area contributed by atoms with Gasteiger partial charge in [0.1, 0.15) is 11.8 Å². The predicted octanol–water partition coefficient (Wildman–Crippen LogP) is 4.59. The van der Waals surface area contributed by atoms with Gasteiger partial charge in [-0.15, -0.1) is 0 Å². The molecule has 0 saturated heterocycles. The fraction of sp³-hybridized carbons (Fsp3) is 0.160. The van der Waals surface area contributed by atoms with Crippen molar-refractivity contribution in [3.63, 3.8) is 0 Å². The van der Waals surface area contributed by atoms with Crippen molar-refractivity contribution in [2.75, 3.05) is 11.1 Å². The van der Waals surface area contributed by atoms with E-state index in [1.807, 2.05) is 13.0 Å². The highest BCUT2D eigenvalue weighted by molar-refractivity contribution is 6.05. The van der Waals surface area contributed by atoms with E-state index < -0.39 is 18.1 Å². The van der Waals surface area contributed by atoms with Gasteiger partial charge in [0.25, 0.3) is 5.91 Å². The first-order chi connectivity index (χ1) is 17.6. The Morgan fingerprint density at radius 3 is 2.57 bits per heavy atom. The maximum Gasteiger partial charge on any atom is 0.415 e. The van der Waals surface area contributed by atoms with Crippen molar-refractivity contribution < 1.29 is 18.0 Å². The molecule has 37 heavy (non-hydrogen) atoms. The first-order valence-corrected chi connectivity index (χ1v) is 11.2. The van der Waals surface area contributed by atoms with E-state index in [0.717, 1.165) is 10.2 Å². The highest BCUT2D eigenvalue weighted by Gasteiger charge is 2.42. The van der Waals surface area contributed by atoms with Crippen LogP contribution in [-0.4, -0.2) is 41.4 Å². The van der Waals surface area contributed by atoms with Crippen LogP contribution in [0.5, 0.6) is 0 Å². The molecule has 0 saturated carbocycles. The summed E-state index contributed by atoms with van der Waals surface area (Å²) in [6.07, 6.45) is -0.467. The molecule has 4 heterocycles. The molecule has 1 atom stereocenters. The van der Waals surface area contributed by atoms with Crippen molar-refractivity contribution in [2.45, 2.75) is 26.1 Å². The Bertz CT molecular complexity index is 1610. The van der Waals surface area contributed by atoms with E-state index in [4.69, 9.17) is 5.73 Å². The lowest BCUT2D eigenvalue weighted by Crippen LogP contribution is -2.28. The Kier molecular flexibility index (Phi) is 5.86. The molecule has 1 amide bonds. The SMILES string of the molecule is Cc1ncc(-c2cc(C)c3c(N)ncnn23)cc1C(=O)Nc1ccn(C(c2ccccc2)C(F)(F)F)n1. The number of nitrogens with zero attached hydrogens (tertiary/aromatic N) is 6. The van der Waals surface area contributed by atoms with Gasteiger partial charge in [0, 0.05) is 24.0 Å². The highest BCUT2D eigenvalue weighted by atomic mass is 19.4. The van der Waals surface area contributed by atoms with E-state index in [9.17, 15) is 18.0 Å². The number of anilines is 2. The van der Waals surface area contributed by atoms with Gasteiger partial charge in [-0.3, -0.25) is 14.5 Å². The zero-order valence-corrected chi connectivity index (χ0v) is 19.7. The first-order valence-electron chi connectivity index (χ1n) is 11.2. The van der Waals surface area contributed by atoms with Crippen LogP contribution in [0.25, 0.3) is 16.8 Å². The molecular weight excluding hydrogens is 485 g/mol. The number of alkyl halides is 3. The lowest BCUT2D eigenvalue weighted by atomic mass is 10.1. The first kappa shape index (κ1) is 24.0. The lowest BCUT2D eigenvalue weighted by Gasteiger charge is -2.21. The molecule has 5 aromatic rings. The van der Waals surface area contributed by atoms with Crippen LogP contribution >= 0.6 is 0 Å². The summed E-state index contributed by atoms with van der Waals surface area (Å²) < 4.78 is 44.0. The number of aromatic nitrogens is 6. The van der Waals surface area contributed by atoms with Crippen molar-refractivity contribution in [1.29, 1.82) is 0 Å². The van der Waals surface area contributed by atoms with Gasteiger partial charge in [0.2, 0.25) is 0 Å². The van der Waals surface area contributed by atoms with Gasteiger partial charge in [0.15, 0.2) is 17.7 Å². The van der Waals surface area contributed by atoms with Crippen molar-refractivity contribution >= 4 is 23.1 Å². The molecule has 9 nitrogen and oxygen atoms in total. The van der Waals surface area contributed by atoms with Gasteiger partial charge < -0.3 is 11.1 Å². The minimum absolute atomic E-state index is 0.0236. The van der Waals surface area contributed by atoms with Crippen LogP contribution in [0, 0.1) is 13.8 Å². The molecule has 1 aromatic carbocycles. The molecule has 0 aliphatic rings. The van der Waals surface area contributed by atoms with Crippen molar-refractivity contribution in [3.05, 3.63) is 89.6 Å². The second kappa shape index (κ2) is 9.04. The molecule has 188 valence electrons. The highest BCUT2D eigenvalue weighted by Crippen LogP contribution is 2.36. The Morgan fingerprint density at radius 2 is 1.84 bits per heavy atom. The van der Waals surface area contributed by atoms with E-state index in [1.165, 1.54) is 42.9 Å². The molecule has 0 bridgehead atoms. The fourth-order valence-corrected chi connectivity index (χ4v) is 4.22. The molecule has 5 rings (SSSR count). The number of carbonyl (C=O) groups excluding carboxylic acids is 1. The number of nitrogens with one attached hydrogen (secondary N) is 1. The molecule has 0 spiro atoms. The second-order valence-electron chi connectivity index (χ2n) is 8.47. The molecule has 3 N–H and O–H groups in total. The third-order valence-corrected chi connectivity index (χ3v) is 5.94. The van der Waals surface area contributed by atoms with E-state index in [1.54, 1.807) is 29.8 Å². The molecule has 0 aliphatic carbocycles. The van der Waals surface area contributed by atoms with Gasteiger partial charge in [-0.1, -0.05) is 30.3 Å². The number of nitrogen functional groups attached to an aromatic ring is 1. The summed E-state index contributed by atoms with van der Waals surface area (Å²) in [6.45, 7) is 3.53. The van der Waals surface area contributed by atoms with Crippen molar-refractivity contribution in [1.82, 2.24) is 29.4 Å². The van der Waals surface area contributed by atoms with Crippen LogP contribution in [0.3, 0.4) is 0 Å². The number of amides is 1. The zero-order chi connectivity index (χ0) is 26.3. The van der Waals surface area contributed by atoms with E-state index in [2.05, 4.69) is 25.5 Å². The average molecular weight is 506 g/mol. The standard InChI is InChI=1S/C25H21F3N8O/c1-14-10-19(36-21(14)23(29)31-13-32-36)17-11-18(15(2)30-12-17)24(37)33-20-8-9-35(34-20)22(25(26,27)28)16-6-4-3-5-7-16/h3-13,22H,1-2H3,(H2,29,31,32)(H,33,34,37). The molecule has 1 unspecified atom stereocenters. The maximum atomic E-state index is 13.8. The van der Waals surface area contributed by atoms with Crippen molar-refractivity contribution in [2.24, 2.45) is 0 Å². The number of nitrogens with two attached hydrogens (primary N) is 1. The topological polar surface area (TPSA) is 116 Å². The normalized spacial score (nSPS) is 12.6. The van der Waals surface area contributed by atoms with E-state index in [-0.39, 0.29) is 16.9 Å². The maximum absolute atomic E-state index is 13.8. The number of pyridine rings is 1. The van der Waals surface area contributed by atoms with E-state index >= 15 is 0 Å². The summed E-state index contributed by atoms with van der Waals surface area (Å²) in [5.41, 5.74) is 9.44. The predicted molar refractivity (Wildman–Crippen MR) is 131 cm³/mol. The molecular formula is C25H21F3N8O. The lowest BCUT2D eigenvalue weighted by molar-refractivity contribution is -0.159. The largest absolute Gasteiger partial charge is 0.415 e. The van der Waals surface area contributed by atoms with Crippen LogP contribution in [-0.2, 0) is 0 Å². The summed E-state index contributed by atoms with van der Waals surface area (Å²) in [5.74, 6) is -0.267. The minimum Gasteiger partial charge on any atom is -0.382 e. The van der Waals surface area contributed by atoms with Crippen LogP contribution < -0.4 is 11.1 Å². The Labute approximate surface area is 208 Å². The molecule has 12 heteroatoms. The number of benzene rings is 1. The number of halogens is 3. The third kappa shape index (κ3) is 4.48.